The third kappa shape index (κ3) is 4.82. The number of rotatable bonds is 4. The number of amides is 2. The van der Waals surface area contributed by atoms with E-state index < -0.39 is 6.04 Å². The van der Waals surface area contributed by atoms with Gasteiger partial charge in [-0.05, 0) is 31.2 Å². The molecule has 0 unspecified atom stereocenters. The topological polar surface area (TPSA) is 92.6 Å². The maximum atomic E-state index is 12.3. The van der Waals surface area contributed by atoms with Crippen molar-refractivity contribution in [2.75, 3.05) is 23.8 Å². The van der Waals surface area contributed by atoms with Gasteiger partial charge in [0.2, 0.25) is 5.91 Å². The summed E-state index contributed by atoms with van der Waals surface area (Å²) in [5, 5.41) is 8.73. The van der Waals surface area contributed by atoms with Gasteiger partial charge in [-0.2, -0.15) is 0 Å². The van der Waals surface area contributed by atoms with E-state index in [0.29, 0.717) is 30.1 Å². The van der Waals surface area contributed by atoms with Gasteiger partial charge in [-0.1, -0.05) is 6.07 Å². The minimum atomic E-state index is -0.400. The number of furan rings is 1. The lowest BCUT2D eigenvalue weighted by molar-refractivity contribution is -0.123. The number of halogens is 1. The zero-order chi connectivity index (χ0) is 16.9. The monoisotopic (exact) mass is 365 g/mol. The fourth-order valence-corrected chi connectivity index (χ4v) is 2.52. The van der Waals surface area contributed by atoms with Gasteiger partial charge in [-0.15, -0.1) is 12.4 Å². The van der Waals surface area contributed by atoms with Gasteiger partial charge in [0.15, 0.2) is 0 Å². The highest BCUT2D eigenvalue weighted by molar-refractivity contribution is 6.04. The van der Waals surface area contributed by atoms with Crippen molar-refractivity contribution in [3.63, 3.8) is 0 Å². The van der Waals surface area contributed by atoms with Crippen LogP contribution in [0.5, 0.6) is 0 Å². The molecule has 2 aromatic rings. The van der Waals surface area contributed by atoms with E-state index in [0.717, 1.165) is 0 Å². The van der Waals surface area contributed by atoms with E-state index in [2.05, 4.69) is 16.0 Å². The minimum Gasteiger partial charge on any atom is -0.472 e. The Morgan fingerprint density at radius 1 is 1.20 bits per heavy atom. The Bertz CT molecular complexity index is 720. The van der Waals surface area contributed by atoms with Crippen molar-refractivity contribution in [1.82, 2.24) is 5.32 Å². The maximum absolute atomic E-state index is 12.3. The van der Waals surface area contributed by atoms with Crippen LogP contribution in [0.1, 0.15) is 17.3 Å². The molecule has 8 heteroatoms. The quantitative estimate of drug-likeness (QED) is 0.773. The van der Waals surface area contributed by atoms with Crippen LogP contribution >= 0.6 is 12.4 Å². The van der Waals surface area contributed by atoms with Crippen molar-refractivity contribution >= 4 is 35.6 Å². The molecule has 3 rings (SSSR count). The number of anilines is 2. The van der Waals surface area contributed by atoms with Crippen molar-refractivity contribution in [2.24, 2.45) is 0 Å². The van der Waals surface area contributed by atoms with E-state index in [1.807, 2.05) is 6.92 Å². The lowest BCUT2D eigenvalue weighted by Crippen LogP contribution is -2.53. The number of carbonyl (C=O) groups excluding carboxylic acids is 2. The summed E-state index contributed by atoms with van der Waals surface area (Å²) in [6.07, 6.45) is 2.62. The summed E-state index contributed by atoms with van der Waals surface area (Å²) in [4.78, 5) is 24.4. The van der Waals surface area contributed by atoms with Gasteiger partial charge in [-0.25, -0.2) is 0 Å². The first-order valence-corrected chi connectivity index (χ1v) is 7.73. The van der Waals surface area contributed by atoms with Crippen LogP contribution in [-0.4, -0.2) is 37.1 Å². The van der Waals surface area contributed by atoms with Crippen molar-refractivity contribution < 1.29 is 18.7 Å². The molecule has 1 aliphatic rings. The van der Waals surface area contributed by atoms with Crippen molar-refractivity contribution in [3.8, 4) is 0 Å². The Morgan fingerprint density at radius 2 is 1.96 bits per heavy atom. The molecule has 1 saturated heterocycles. The number of benzene rings is 1. The van der Waals surface area contributed by atoms with E-state index in [-0.39, 0.29) is 30.3 Å². The van der Waals surface area contributed by atoms with Gasteiger partial charge in [-0.3, -0.25) is 9.59 Å². The Kier molecular flexibility index (Phi) is 6.58. The average Bonchev–Trinajstić information content (AvgIpc) is 3.10. The van der Waals surface area contributed by atoms with E-state index in [9.17, 15) is 9.59 Å². The summed E-state index contributed by atoms with van der Waals surface area (Å²) in [5.74, 6) is -0.441. The molecule has 7 nitrogen and oxygen atoms in total. The normalized spacial score (nSPS) is 19.6. The second-order valence-corrected chi connectivity index (χ2v) is 5.54. The van der Waals surface area contributed by atoms with Crippen molar-refractivity contribution in [1.29, 1.82) is 0 Å². The number of hydrogen-bond donors (Lipinski definition) is 3. The molecule has 0 spiro atoms. The molecule has 0 saturated carbocycles. The van der Waals surface area contributed by atoms with Gasteiger partial charge in [0, 0.05) is 17.9 Å². The zero-order valence-corrected chi connectivity index (χ0v) is 14.5. The average molecular weight is 366 g/mol. The summed E-state index contributed by atoms with van der Waals surface area (Å²) < 4.78 is 10.4. The third-order valence-electron chi connectivity index (χ3n) is 3.77. The minimum absolute atomic E-state index is 0. The summed E-state index contributed by atoms with van der Waals surface area (Å²) in [6, 6.07) is 8.15. The highest BCUT2D eigenvalue weighted by Gasteiger charge is 2.28. The number of nitrogens with one attached hydrogen (secondary N) is 3. The van der Waals surface area contributed by atoms with E-state index in [1.165, 1.54) is 12.5 Å². The van der Waals surface area contributed by atoms with Crippen LogP contribution in [0.2, 0.25) is 0 Å². The molecule has 1 aromatic heterocycles. The van der Waals surface area contributed by atoms with Crippen LogP contribution in [-0.2, 0) is 9.53 Å². The van der Waals surface area contributed by atoms with Crippen LogP contribution in [0.15, 0.2) is 47.3 Å². The molecule has 0 aliphatic carbocycles. The second kappa shape index (κ2) is 8.66. The largest absolute Gasteiger partial charge is 0.472 e. The lowest BCUT2D eigenvalue weighted by atomic mass is 10.1. The molecule has 3 N–H and O–H groups in total. The van der Waals surface area contributed by atoms with Crippen LogP contribution in [0, 0.1) is 0 Å². The van der Waals surface area contributed by atoms with Gasteiger partial charge < -0.3 is 25.1 Å². The third-order valence-corrected chi connectivity index (χ3v) is 3.77. The Labute approximate surface area is 151 Å². The number of carbonyl (C=O) groups is 2. The highest BCUT2D eigenvalue weighted by Crippen LogP contribution is 2.17. The second-order valence-electron chi connectivity index (χ2n) is 5.54. The summed E-state index contributed by atoms with van der Waals surface area (Å²) >= 11 is 0. The number of morpholine rings is 1. The Morgan fingerprint density at radius 3 is 2.64 bits per heavy atom. The zero-order valence-electron chi connectivity index (χ0n) is 13.7. The van der Waals surface area contributed by atoms with Gasteiger partial charge >= 0.3 is 0 Å². The first kappa shape index (κ1) is 19.0. The Balaban J connectivity index is 0.00000225. The SMILES string of the molecule is C[C@H]1OCCN[C@@H]1C(=O)Nc1cccc(NC(=O)c2ccoc2)c1.Cl. The van der Waals surface area contributed by atoms with Crippen LogP contribution in [0.25, 0.3) is 0 Å². The Hall–Kier alpha value is -2.35. The lowest BCUT2D eigenvalue weighted by Gasteiger charge is -2.29. The molecule has 2 amide bonds. The first-order valence-electron chi connectivity index (χ1n) is 7.73. The highest BCUT2D eigenvalue weighted by atomic mass is 35.5. The fraction of sp³-hybridized carbons (Fsp3) is 0.294. The molecular weight excluding hydrogens is 346 g/mol. The molecule has 0 radical (unpaired) electrons. The smallest absolute Gasteiger partial charge is 0.258 e. The molecular formula is C17H20ClN3O4. The molecule has 2 heterocycles. The molecule has 2 atom stereocenters. The predicted octanol–water partition coefficient (Wildman–Crippen LogP) is 2.27. The molecule has 1 fully saturated rings. The van der Waals surface area contributed by atoms with Gasteiger partial charge in [0.25, 0.3) is 5.91 Å². The van der Waals surface area contributed by atoms with E-state index in [1.54, 1.807) is 30.3 Å². The van der Waals surface area contributed by atoms with Crippen molar-refractivity contribution in [2.45, 2.75) is 19.1 Å². The van der Waals surface area contributed by atoms with Gasteiger partial charge in [0.05, 0.1) is 24.5 Å². The summed E-state index contributed by atoms with van der Waals surface area (Å²) in [5.41, 5.74) is 1.62. The molecule has 0 bridgehead atoms. The predicted molar refractivity (Wildman–Crippen MR) is 96.2 cm³/mol. The van der Waals surface area contributed by atoms with Crippen molar-refractivity contribution in [3.05, 3.63) is 48.4 Å². The van der Waals surface area contributed by atoms with Crippen LogP contribution in [0.3, 0.4) is 0 Å². The standard InChI is InChI=1S/C17H19N3O4.ClH/c1-11-15(18-6-8-24-11)17(22)20-14-4-2-3-13(9-14)19-16(21)12-5-7-23-10-12;/h2-5,7,9-11,15,18H,6,8H2,1H3,(H,19,21)(H,20,22);1H/t11-,15+;/m1./s1. The van der Waals surface area contributed by atoms with Gasteiger partial charge in [0.1, 0.15) is 12.3 Å². The number of ether oxygens (including phenoxy) is 1. The van der Waals surface area contributed by atoms with E-state index >= 15 is 0 Å². The maximum Gasteiger partial charge on any atom is 0.258 e. The molecule has 25 heavy (non-hydrogen) atoms. The summed E-state index contributed by atoms with van der Waals surface area (Å²) in [6.45, 7) is 3.10. The molecule has 1 aliphatic heterocycles. The fourth-order valence-electron chi connectivity index (χ4n) is 2.52. The van der Waals surface area contributed by atoms with Crippen LogP contribution in [0.4, 0.5) is 11.4 Å². The first-order chi connectivity index (χ1) is 11.6. The summed E-state index contributed by atoms with van der Waals surface area (Å²) in [7, 11) is 0. The molecule has 134 valence electrons. The van der Waals surface area contributed by atoms with E-state index in [4.69, 9.17) is 9.15 Å². The molecule has 1 aromatic carbocycles. The number of hydrogen-bond acceptors (Lipinski definition) is 5. The van der Waals surface area contributed by atoms with Crippen LogP contribution < -0.4 is 16.0 Å².